The Hall–Kier alpha value is -0.730. The zero-order valence-electron chi connectivity index (χ0n) is 10.9. The predicted octanol–water partition coefficient (Wildman–Crippen LogP) is -0.256. The van der Waals surface area contributed by atoms with Gasteiger partial charge in [-0.2, -0.15) is 0 Å². The topological polar surface area (TPSA) is 101 Å². The van der Waals surface area contributed by atoms with E-state index in [1.54, 1.807) is 0 Å². The van der Waals surface area contributed by atoms with Crippen LogP contribution >= 0.6 is 12.2 Å². The molecule has 0 saturated heterocycles. The van der Waals surface area contributed by atoms with Crippen molar-refractivity contribution in [1.82, 2.24) is 10.0 Å². The Morgan fingerprint density at radius 1 is 1.33 bits per heavy atom. The Morgan fingerprint density at radius 2 is 1.83 bits per heavy atom. The summed E-state index contributed by atoms with van der Waals surface area (Å²) in [4.78, 5) is 12.2. The van der Waals surface area contributed by atoms with Crippen LogP contribution in [-0.4, -0.2) is 38.7 Å². The van der Waals surface area contributed by atoms with Gasteiger partial charge in [-0.15, -0.1) is 0 Å². The SMILES string of the molecule is CCC(CC)(C(=O)NCCS(=O)(=O)NC)C(N)=S. The van der Waals surface area contributed by atoms with E-state index in [1.807, 2.05) is 13.8 Å². The monoisotopic (exact) mass is 295 g/mol. The van der Waals surface area contributed by atoms with E-state index in [2.05, 4.69) is 10.0 Å². The van der Waals surface area contributed by atoms with Gasteiger partial charge >= 0.3 is 0 Å². The first kappa shape index (κ1) is 17.3. The third-order valence-electron chi connectivity index (χ3n) is 3.08. The van der Waals surface area contributed by atoms with Crippen LogP contribution in [0.5, 0.6) is 0 Å². The normalized spacial score (nSPS) is 12.2. The van der Waals surface area contributed by atoms with E-state index in [1.165, 1.54) is 7.05 Å². The summed E-state index contributed by atoms with van der Waals surface area (Å²) in [5.74, 6) is -0.484. The zero-order valence-corrected chi connectivity index (χ0v) is 12.6. The van der Waals surface area contributed by atoms with E-state index in [0.29, 0.717) is 12.8 Å². The first-order valence-electron chi connectivity index (χ1n) is 5.75. The van der Waals surface area contributed by atoms with Crippen LogP contribution in [0.25, 0.3) is 0 Å². The molecule has 8 heteroatoms. The van der Waals surface area contributed by atoms with Crippen LogP contribution in [0.3, 0.4) is 0 Å². The zero-order chi connectivity index (χ0) is 14.4. The maximum Gasteiger partial charge on any atom is 0.233 e. The number of hydrogen-bond acceptors (Lipinski definition) is 4. The Kier molecular flexibility index (Phi) is 6.72. The molecule has 0 aromatic heterocycles. The van der Waals surface area contributed by atoms with Gasteiger partial charge in [0.15, 0.2) is 0 Å². The summed E-state index contributed by atoms with van der Waals surface area (Å²) in [5, 5.41) is 2.57. The minimum Gasteiger partial charge on any atom is -0.392 e. The average molecular weight is 295 g/mol. The average Bonchev–Trinajstić information content (AvgIpc) is 2.30. The number of sulfonamides is 1. The molecule has 4 N–H and O–H groups in total. The molecule has 0 aromatic carbocycles. The number of thiocarbonyl (C=S) groups is 1. The van der Waals surface area contributed by atoms with Gasteiger partial charge in [0.1, 0.15) is 0 Å². The molecule has 0 aliphatic carbocycles. The van der Waals surface area contributed by atoms with Crippen molar-refractivity contribution >= 4 is 33.1 Å². The molecule has 0 saturated carbocycles. The second-order valence-electron chi connectivity index (χ2n) is 3.93. The van der Waals surface area contributed by atoms with Crippen LogP contribution in [0.2, 0.25) is 0 Å². The Labute approximate surface area is 114 Å². The summed E-state index contributed by atoms with van der Waals surface area (Å²) in [5.41, 5.74) is 4.73. The fraction of sp³-hybridized carbons (Fsp3) is 0.800. The first-order valence-corrected chi connectivity index (χ1v) is 7.81. The predicted molar refractivity (Wildman–Crippen MR) is 75.7 cm³/mol. The number of hydrogen-bond donors (Lipinski definition) is 3. The van der Waals surface area contributed by atoms with Crippen molar-refractivity contribution in [2.75, 3.05) is 19.3 Å². The minimum absolute atomic E-state index is 0.0341. The molecule has 0 aliphatic rings. The van der Waals surface area contributed by atoms with Crippen LogP contribution in [0.1, 0.15) is 26.7 Å². The van der Waals surface area contributed by atoms with Crippen LogP contribution in [-0.2, 0) is 14.8 Å². The van der Waals surface area contributed by atoms with Gasteiger partial charge in [-0.1, -0.05) is 26.1 Å². The number of amides is 1. The highest BCUT2D eigenvalue weighted by atomic mass is 32.2. The minimum atomic E-state index is -3.32. The van der Waals surface area contributed by atoms with E-state index in [9.17, 15) is 13.2 Å². The van der Waals surface area contributed by atoms with Gasteiger partial charge in [0.2, 0.25) is 15.9 Å². The molecular weight excluding hydrogens is 274 g/mol. The van der Waals surface area contributed by atoms with E-state index in [4.69, 9.17) is 18.0 Å². The molecule has 0 rings (SSSR count). The summed E-state index contributed by atoms with van der Waals surface area (Å²) >= 11 is 4.94. The van der Waals surface area contributed by atoms with Crippen molar-refractivity contribution in [1.29, 1.82) is 0 Å². The van der Waals surface area contributed by atoms with Crippen LogP contribution in [0.4, 0.5) is 0 Å². The molecule has 0 aliphatic heterocycles. The summed E-state index contributed by atoms with van der Waals surface area (Å²) in [6.45, 7) is 3.69. The molecule has 1 amide bonds. The van der Waals surface area contributed by atoms with Gasteiger partial charge in [0, 0.05) is 6.54 Å². The summed E-state index contributed by atoms with van der Waals surface area (Å²) in [6, 6.07) is 0. The third kappa shape index (κ3) is 4.18. The highest BCUT2D eigenvalue weighted by molar-refractivity contribution is 7.89. The second-order valence-corrected chi connectivity index (χ2v) is 6.42. The Bertz CT molecular complexity index is 403. The molecule has 0 radical (unpaired) electrons. The highest BCUT2D eigenvalue weighted by Crippen LogP contribution is 2.26. The van der Waals surface area contributed by atoms with Crippen LogP contribution < -0.4 is 15.8 Å². The Morgan fingerprint density at radius 3 is 2.17 bits per heavy atom. The highest BCUT2D eigenvalue weighted by Gasteiger charge is 2.37. The lowest BCUT2D eigenvalue weighted by Crippen LogP contribution is -2.49. The van der Waals surface area contributed by atoms with E-state index in [-0.39, 0.29) is 23.2 Å². The number of nitrogens with one attached hydrogen (secondary N) is 2. The van der Waals surface area contributed by atoms with Crippen molar-refractivity contribution in [2.45, 2.75) is 26.7 Å². The number of nitrogens with two attached hydrogens (primary N) is 1. The lowest BCUT2D eigenvalue weighted by atomic mass is 9.81. The van der Waals surface area contributed by atoms with E-state index in [0.717, 1.165) is 0 Å². The molecule has 0 spiro atoms. The van der Waals surface area contributed by atoms with Crippen molar-refractivity contribution in [3.8, 4) is 0 Å². The lowest BCUT2D eigenvalue weighted by Gasteiger charge is -2.28. The van der Waals surface area contributed by atoms with Crippen molar-refractivity contribution in [3.63, 3.8) is 0 Å². The largest absolute Gasteiger partial charge is 0.392 e. The van der Waals surface area contributed by atoms with E-state index < -0.39 is 15.4 Å². The lowest BCUT2D eigenvalue weighted by molar-refractivity contribution is -0.127. The maximum atomic E-state index is 12.0. The van der Waals surface area contributed by atoms with E-state index >= 15 is 0 Å². The van der Waals surface area contributed by atoms with Gasteiger partial charge in [-0.25, -0.2) is 13.1 Å². The van der Waals surface area contributed by atoms with Crippen molar-refractivity contribution in [2.24, 2.45) is 11.1 Å². The van der Waals surface area contributed by atoms with Gasteiger partial charge in [-0.05, 0) is 19.9 Å². The Balaban J connectivity index is 4.61. The number of carbonyl (C=O) groups excluding carboxylic acids is 1. The van der Waals surface area contributed by atoms with Gasteiger partial charge in [-0.3, -0.25) is 4.79 Å². The molecule has 18 heavy (non-hydrogen) atoms. The summed E-state index contributed by atoms with van der Waals surface area (Å²) in [7, 11) is -2.00. The van der Waals surface area contributed by atoms with Crippen molar-refractivity contribution < 1.29 is 13.2 Å². The third-order valence-corrected chi connectivity index (χ3v) is 4.84. The molecule has 0 bridgehead atoms. The smallest absolute Gasteiger partial charge is 0.233 e. The molecule has 0 heterocycles. The van der Waals surface area contributed by atoms with Crippen molar-refractivity contribution in [3.05, 3.63) is 0 Å². The quantitative estimate of drug-likeness (QED) is 0.536. The summed E-state index contributed by atoms with van der Waals surface area (Å²) < 4.78 is 24.6. The van der Waals surface area contributed by atoms with Gasteiger partial charge in [0.05, 0.1) is 16.2 Å². The standard InChI is InChI=1S/C10H21N3O3S2/c1-4-10(5-2,8(11)17)9(14)13-6-7-18(15,16)12-3/h12H,4-7H2,1-3H3,(H2,11,17)(H,13,14). The van der Waals surface area contributed by atoms with Gasteiger partial charge in [0.25, 0.3) is 0 Å². The summed E-state index contributed by atoms with van der Waals surface area (Å²) in [6.07, 6.45) is 0.979. The first-order chi connectivity index (χ1) is 8.25. The van der Waals surface area contributed by atoms with Crippen LogP contribution in [0.15, 0.2) is 0 Å². The molecular formula is C10H21N3O3S2. The van der Waals surface area contributed by atoms with Gasteiger partial charge < -0.3 is 11.1 Å². The van der Waals surface area contributed by atoms with Crippen LogP contribution in [0, 0.1) is 5.41 Å². The molecule has 0 unspecified atom stereocenters. The second kappa shape index (κ2) is 7.01. The number of carbonyl (C=O) groups is 1. The molecule has 0 fully saturated rings. The number of rotatable bonds is 8. The molecule has 106 valence electrons. The fourth-order valence-electron chi connectivity index (χ4n) is 1.60. The molecule has 0 aromatic rings. The maximum absolute atomic E-state index is 12.0. The fourth-order valence-corrected chi connectivity index (χ4v) is 2.56. The molecule has 0 atom stereocenters. The molecule has 6 nitrogen and oxygen atoms in total.